The molecule has 4 aromatic carbocycles. The summed E-state index contributed by atoms with van der Waals surface area (Å²) in [5, 5.41) is 0. The highest BCUT2D eigenvalue weighted by molar-refractivity contribution is 6.23. The van der Waals surface area contributed by atoms with Crippen LogP contribution in [0.3, 0.4) is 0 Å². The first kappa shape index (κ1) is 26.6. The molecule has 44 heavy (non-hydrogen) atoms. The first-order valence-corrected chi connectivity index (χ1v) is 15.2. The molecule has 2 fully saturated rings. The van der Waals surface area contributed by atoms with E-state index in [2.05, 4.69) is 31.2 Å². The third kappa shape index (κ3) is 3.88. The fourth-order valence-corrected chi connectivity index (χ4v) is 7.84. The second-order valence-electron chi connectivity index (χ2n) is 12.1. The van der Waals surface area contributed by atoms with E-state index < -0.39 is 23.7 Å². The smallest absolute Gasteiger partial charge is 0.316 e. The van der Waals surface area contributed by atoms with Gasteiger partial charge in [-0.15, -0.1) is 0 Å². The minimum atomic E-state index is -0.623. The van der Waals surface area contributed by atoms with Gasteiger partial charge in [0.25, 0.3) is 0 Å². The molecule has 3 amide bonds. The number of imide groups is 1. The van der Waals surface area contributed by atoms with E-state index in [9.17, 15) is 19.2 Å². The lowest BCUT2D eigenvalue weighted by Gasteiger charge is -2.45. The van der Waals surface area contributed by atoms with E-state index in [1.165, 1.54) is 10.5 Å². The Balaban J connectivity index is 1.04. The van der Waals surface area contributed by atoms with Crippen molar-refractivity contribution < 1.29 is 23.9 Å². The van der Waals surface area contributed by atoms with Crippen LogP contribution in [0.5, 0.6) is 5.75 Å². The Kier molecular flexibility index (Phi) is 6.05. The summed E-state index contributed by atoms with van der Waals surface area (Å²) in [5.41, 5.74) is 6.78. The van der Waals surface area contributed by atoms with Crippen LogP contribution in [0.2, 0.25) is 0 Å². The van der Waals surface area contributed by atoms with Gasteiger partial charge in [-0.05, 0) is 58.5 Å². The molecular weight excluding hydrogens is 552 g/mol. The molecule has 0 unspecified atom stereocenters. The Morgan fingerprint density at radius 3 is 1.84 bits per heavy atom. The van der Waals surface area contributed by atoms with E-state index >= 15 is 0 Å². The fraction of sp³-hybridized carbons (Fsp3) is 0.243. The van der Waals surface area contributed by atoms with Gasteiger partial charge in [-0.25, -0.2) is 4.90 Å². The molecule has 3 aliphatic carbocycles. The number of rotatable bonds is 5. The van der Waals surface area contributed by atoms with Crippen molar-refractivity contribution in [1.82, 2.24) is 0 Å². The number of hydrogen-bond acceptors (Lipinski definition) is 5. The Morgan fingerprint density at radius 2 is 1.30 bits per heavy atom. The van der Waals surface area contributed by atoms with Gasteiger partial charge in [0.2, 0.25) is 17.7 Å². The molecule has 0 spiro atoms. The van der Waals surface area contributed by atoms with Crippen LogP contribution >= 0.6 is 0 Å². The highest BCUT2D eigenvalue weighted by atomic mass is 16.5. The van der Waals surface area contributed by atoms with Crippen LogP contribution < -0.4 is 14.5 Å². The van der Waals surface area contributed by atoms with Crippen LogP contribution in [0.1, 0.15) is 53.0 Å². The predicted octanol–water partition coefficient (Wildman–Crippen LogP) is 5.60. The first-order chi connectivity index (χ1) is 21.4. The highest BCUT2D eigenvalue weighted by Crippen LogP contribution is 2.61. The second kappa shape index (κ2) is 10.0. The van der Waals surface area contributed by atoms with Crippen LogP contribution in [-0.4, -0.2) is 30.2 Å². The Hall–Kier alpha value is -5.04. The molecule has 0 N–H and O–H groups in total. The molecule has 5 aliphatic rings. The number of aryl methyl sites for hydroxylation is 1. The van der Waals surface area contributed by atoms with Crippen molar-refractivity contribution in [3.05, 3.63) is 125 Å². The minimum Gasteiger partial charge on any atom is -0.426 e. The molecular formula is C37H30N2O5. The summed E-state index contributed by atoms with van der Waals surface area (Å²) in [6, 6.07) is 30.6. The summed E-state index contributed by atoms with van der Waals surface area (Å²) >= 11 is 0. The monoisotopic (exact) mass is 582 g/mol. The average Bonchev–Trinajstić information content (AvgIpc) is 3.58. The third-order valence-corrected chi connectivity index (χ3v) is 9.86. The molecule has 7 nitrogen and oxygen atoms in total. The van der Waals surface area contributed by atoms with Crippen LogP contribution in [0.4, 0.5) is 11.4 Å². The lowest BCUT2D eigenvalue weighted by molar-refractivity contribution is -0.139. The fourth-order valence-electron chi connectivity index (χ4n) is 7.84. The van der Waals surface area contributed by atoms with Crippen LogP contribution in [0.25, 0.3) is 0 Å². The van der Waals surface area contributed by atoms with Gasteiger partial charge in [0, 0.05) is 36.6 Å². The SMILES string of the molecule is CCc1ccc(N2C[C@H](C(=O)Oc3cccc(N4C(=O)[C@@H]5C6c7ccccc7C(c7ccccc76)[C@H]5C4=O)c3)CC2=O)cc1. The van der Waals surface area contributed by atoms with Gasteiger partial charge in [0.1, 0.15) is 5.75 Å². The summed E-state index contributed by atoms with van der Waals surface area (Å²) in [6.45, 7) is 2.31. The van der Waals surface area contributed by atoms with Crippen molar-refractivity contribution in [2.24, 2.45) is 17.8 Å². The zero-order valence-electron chi connectivity index (χ0n) is 24.2. The molecule has 3 atom stereocenters. The van der Waals surface area contributed by atoms with Crippen molar-refractivity contribution in [3.63, 3.8) is 0 Å². The molecule has 2 aliphatic heterocycles. The zero-order valence-corrected chi connectivity index (χ0v) is 24.2. The van der Waals surface area contributed by atoms with Gasteiger partial charge in [-0.3, -0.25) is 19.2 Å². The molecule has 7 heteroatoms. The second-order valence-corrected chi connectivity index (χ2v) is 12.1. The summed E-state index contributed by atoms with van der Waals surface area (Å²) < 4.78 is 5.75. The quantitative estimate of drug-likeness (QED) is 0.174. The molecule has 4 aromatic rings. The number of nitrogens with zero attached hydrogens (tertiary/aromatic N) is 2. The van der Waals surface area contributed by atoms with Gasteiger partial charge in [0.05, 0.1) is 23.4 Å². The topological polar surface area (TPSA) is 84.0 Å². The summed E-state index contributed by atoms with van der Waals surface area (Å²) in [4.78, 5) is 57.1. The number of benzene rings is 4. The van der Waals surface area contributed by atoms with Crippen molar-refractivity contribution >= 4 is 35.1 Å². The van der Waals surface area contributed by atoms with Crippen LogP contribution in [0, 0.1) is 17.8 Å². The molecule has 2 bridgehead atoms. The molecule has 9 rings (SSSR count). The van der Waals surface area contributed by atoms with Gasteiger partial charge < -0.3 is 9.64 Å². The van der Waals surface area contributed by atoms with E-state index in [-0.39, 0.29) is 48.3 Å². The van der Waals surface area contributed by atoms with E-state index in [4.69, 9.17) is 4.74 Å². The van der Waals surface area contributed by atoms with Gasteiger partial charge in [0.15, 0.2) is 0 Å². The van der Waals surface area contributed by atoms with E-state index in [0.29, 0.717) is 5.69 Å². The van der Waals surface area contributed by atoms with Crippen molar-refractivity contribution in [2.45, 2.75) is 31.6 Å². The zero-order chi connectivity index (χ0) is 30.1. The number of carbonyl (C=O) groups excluding carboxylic acids is 4. The minimum absolute atomic E-state index is 0.0599. The lowest BCUT2D eigenvalue weighted by Crippen LogP contribution is -2.41. The summed E-state index contributed by atoms with van der Waals surface area (Å²) in [6.07, 6.45) is 0.963. The van der Waals surface area contributed by atoms with Gasteiger partial charge in [-0.1, -0.05) is 73.7 Å². The highest BCUT2D eigenvalue weighted by Gasteiger charge is 2.61. The van der Waals surface area contributed by atoms with E-state index in [0.717, 1.165) is 34.4 Å². The maximum absolute atomic E-state index is 14.1. The normalized spacial score (nSPS) is 24.8. The standard InChI is InChI=1S/C37H30N2O5/c1-2-21-14-16-23(17-15-21)38-20-22(18-30(38)40)37(43)44-25-9-7-8-24(19-25)39-35(41)33-31-26-10-3-4-11-27(26)32(34(33)36(39)42)29-13-6-5-12-28(29)31/h3-17,19,22,31-34H,2,18,20H2,1H3/t22-,31?,32?,33-,34-/m1/s1. The van der Waals surface area contributed by atoms with E-state index in [1.54, 1.807) is 29.2 Å². The molecule has 2 saturated heterocycles. The average molecular weight is 583 g/mol. The Morgan fingerprint density at radius 1 is 0.727 bits per heavy atom. The molecule has 0 aromatic heterocycles. The molecule has 0 radical (unpaired) electrons. The largest absolute Gasteiger partial charge is 0.426 e. The number of hydrogen-bond donors (Lipinski definition) is 0. The predicted molar refractivity (Wildman–Crippen MR) is 164 cm³/mol. The number of ether oxygens (including phenoxy) is 1. The number of anilines is 2. The summed E-state index contributed by atoms with van der Waals surface area (Å²) in [5.74, 6) is -2.87. The van der Waals surface area contributed by atoms with Gasteiger partial charge >= 0.3 is 5.97 Å². The van der Waals surface area contributed by atoms with Crippen LogP contribution in [0.15, 0.2) is 97.1 Å². The number of esters is 1. The number of carbonyl (C=O) groups is 4. The molecule has 0 saturated carbocycles. The van der Waals surface area contributed by atoms with Crippen LogP contribution in [-0.2, 0) is 25.6 Å². The third-order valence-electron chi connectivity index (χ3n) is 9.86. The van der Waals surface area contributed by atoms with Crippen molar-refractivity contribution in [1.29, 1.82) is 0 Å². The van der Waals surface area contributed by atoms with Gasteiger partial charge in [-0.2, -0.15) is 0 Å². The Labute approximate surface area is 255 Å². The molecule has 2 heterocycles. The van der Waals surface area contributed by atoms with E-state index in [1.807, 2.05) is 48.5 Å². The van der Waals surface area contributed by atoms with Crippen molar-refractivity contribution in [3.8, 4) is 5.75 Å². The summed E-state index contributed by atoms with van der Waals surface area (Å²) in [7, 11) is 0. The lowest BCUT2D eigenvalue weighted by atomic mass is 9.55. The number of amides is 3. The maximum atomic E-state index is 14.1. The first-order valence-electron chi connectivity index (χ1n) is 15.2. The molecule has 218 valence electrons. The Bertz CT molecular complexity index is 1750. The maximum Gasteiger partial charge on any atom is 0.316 e. The van der Waals surface area contributed by atoms with Crippen molar-refractivity contribution in [2.75, 3.05) is 16.3 Å².